The fourth-order valence-corrected chi connectivity index (χ4v) is 5.37. The van der Waals surface area contributed by atoms with Crippen molar-refractivity contribution in [3.63, 3.8) is 0 Å². The number of piperazine rings is 1. The number of nitrogens with zero attached hydrogens (tertiary/aromatic N) is 6. The predicted molar refractivity (Wildman–Crippen MR) is 133 cm³/mol. The van der Waals surface area contributed by atoms with Crippen LogP contribution < -0.4 is 19.7 Å². The van der Waals surface area contributed by atoms with Crippen molar-refractivity contribution < 1.29 is 14.6 Å². The fraction of sp³-hybridized carbons (Fsp3) is 0.560. The van der Waals surface area contributed by atoms with E-state index >= 15 is 0 Å². The summed E-state index contributed by atoms with van der Waals surface area (Å²) in [6.45, 7) is 5.22. The van der Waals surface area contributed by atoms with Gasteiger partial charge in [0.1, 0.15) is 0 Å². The molecule has 4 heterocycles. The van der Waals surface area contributed by atoms with Crippen LogP contribution in [0, 0.1) is 0 Å². The largest absolute Gasteiger partial charge is 0.454 e. The summed E-state index contributed by atoms with van der Waals surface area (Å²) in [5.74, 6) is 3.10. The molecule has 2 aromatic heterocycles. The second-order valence-corrected chi connectivity index (χ2v) is 9.59. The summed E-state index contributed by atoms with van der Waals surface area (Å²) in [5.41, 5.74) is 2.91. The first kappa shape index (κ1) is 22.4. The van der Waals surface area contributed by atoms with Crippen molar-refractivity contribution in [2.45, 2.75) is 44.7 Å². The van der Waals surface area contributed by atoms with Crippen LogP contribution in [0.3, 0.4) is 0 Å². The molecule has 1 saturated heterocycles. The predicted octanol–water partition coefficient (Wildman–Crippen LogP) is 2.79. The van der Waals surface area contributed by atoms with Crippen LogP contribution in [0.1, 0.15) is 43.7 Å². The number of imidazole rings is 1. The van der Waals surface area contributed by atoms with E-state index in [0.717, 1.165) is 61.3 Å². The summed E-state index contributed by atoms with van der Waals surface area (Å²) >= 11 is 0. The van der Waals surface area contributed by atoms with E-state index in [9.17, 15) is 5.11 Å². The van der Waals surface area contributed by atoms with Gasteiger partial charge in [-0.25, -0.2) is 4.98 Å². The van der Waals surface area contributed by atoms with E-state index in [1.54, 1.807) is 0 Å². The van der Waals surface area contributed by atoms with Crippen molar-refractivity contribution in [2.75, 3.05) is 56.3 Å². The SMILES string of the molecule is OCCNc1nc(N2CCN(Cc3ccc4c(c3)OCO4)CC2)nc2c1ncn2C1CCCCC1. The molecule has 1 saturated carbocycles. The van der Waals surface area contributed by atoms with Gasteiger partial charge in [0.2, 0.25) is 12.7 Å². The van der Waals surface area contributed by atoms with Gasteiger partial charge < -0.3 is 29.4 Å². The molecule has 35 heavy (non-hydrogen) atoms. The molecule has 2 aliphatic heterocycles. The van der Waals surface area contributed by atoms with Crippen LogP contribution in [0.2, 0.25) is 0 Å². The Morgan fingerprint density at radius 1 is 1.00 bits per heavy atom. The highest BCUT2D eigenvalue weighted by molar-refractivity contribution is 5.84. The number of ether oxygens (including phenoxy) is 2. The lowest BCUT2D eigenvalue weighted by Crippen LogP contribution is -2.46. The van der Waals surface area contributed by atoms with Crippen LogP contribution in [0.5, 0.6) is 11.5 Å². The van der Waals surface area contributed by atoms with Gasteiger partial charge in [0, 0.05) is 45.3 Å². The monoisotopic (exact) mass is 479 g/mol. The van der Waals surface area contributed by atoms with E-state index in [1.807, 2.05) is 12.4 Å². The number of hydrogen-bond acceptors (Lipinski definition) is 9. The van der Waals surface area contributed by atoms with Gasteiger partial charge in [-0.2, -0.15) is 9.97 Å². The van der Waals surface area contributed by atoms with E-state index in [1.165, 1.54) is 37.7 Å². The summed E-state index contributed by atoms with van der Waals surface area (Å²) in [5, 5.41) is 12.6. The van der Waals surface area contributed by atoms with Crippen LogP contribution in [0.15, 0.2) is 24.5 Å². The van der Waals surface area contributed by atoms with Crippen molar-refractivity contribution in [3.05, 3.63) is 30.1 Å². The maximum atomic E-state index is 9.37. The normalized spacial score (nSPS) is 18.9. The van der Waals surface area contributed by atoms with E-state index in [2.05, 4.69) is 36.8 Å². The number of nitrogens with one attached hydrogen (secondary N) is 1. The van der Waals surface area contributed by atoms with Crippen LogP contribution in [-0.4, -0.2) is 75.6 Å². The molecule has 3 aromatic rings. The Kier molecular flexibility index (Phi) is 6.30. The first-order valence-corrected chi connectivity index (χ1v) is 12.7. The van der Waals surface area contributed by atoms with Gasteiger partial charge >= 0.3 is 0 Å². The Morgan fingerprint density at radius 3 is 2.66 bits per heavy atom. The average molecular weight is 480 g/mol. The lowest BCUT2D eigenvalue weighted by molar-refractivity contribution is 0.174. The van der Waals surface area contributed by atoms with Gasteiger partial charge in [-0.3, -0.25) is 4.90 Å². The number of aliphatic hydroxyl groups is 1. The maximum absolute atomic E-state index is 9.37. The summed E-state index contributed by atoms with van der Waals surface area (Å²) in [7, 11) is 0. The summed E-state index contributed by atoms with van der Waals surface area (Å²) in [6.07, 6.45) is 8.08. The number of aromatic nitrogens is 4. The molecule has 0 radical (unpaired) electrons. The fourth-order valence-electron chi connectivity index (χ4n) is 5.37. The summed E-state index contributed by atoms with van der Waals surface area (Å²) < 4.78 is 13.2. The third kappa shape index (κ3) is 4.60. The Morgan fingerprint density at radius 2 is 1.83 bits per heavy atom. The first-order chi connectivity index (χ1) is 17.3. The number of hydrogen-bond donors (Lipinski definition) is 2. The summed E-state index contributed by atoms with van der Waals surface area (Å²) in [4.78, 5) is 19.2. The topological polar surface area (TPSA) is 101 Å². The van der Waals surface area contributed by atoms with Gasteiger partial charge in [0.25, 0.3) is 0 Å². The van der Waals surface area contributed by atoms with Gasteiger partial charge in [0.15, 0.2) is 28.5 Å². The number of benzene rings is 1. The molecule has 0 unspecified atom stereocenters. The van der Waals surface area contributed by atoms with E-state index in [4.69, 9.17) is 19.4 Å². The zero-order chi connectivity index (χ0) is 23.6. The molecule has 10 heteroatoms. The van der Waals surface area contributed by atoms with E-state index in [-0.39, 0.29) is 6.61 Å². The van der Waals surface area contributed by atoms with E-state index in [0.29, 0.717) is 25.2 Å². The third-order valence-corrected chi connectivity index (χ3v) is 7.28. The molecule has 0 spiro atoms. The lowest BCUT2D eigenvalue weighted by Gasteiger charge is -2.35. The van der Waals surface area contributed by atoms with Crippen LogP contribution in [-0.2, 0) is 6.54 Å². The molecule has 0 amide bonds. The molecule has 1 aliphatic carbocycles. The zero-order valence-corrected chi connectivity index (χ0v) is 20.0. The molecule has 186 valence electrons. The highest BCUT2D eigenvalue weighted by atomic mass is 16.7. The highest BCUT2D eigenvalue weighted by Crippen LogP contribution is 2.34. The third-order valence-electron chi connectivity index (χ3n) is 7.28. The van der Waals surface area contributed by atoms with Gasteiger partial charge in [-0.05, 0) is 30.5 Å². The molecule has 1 aromatic carbocycles. The molecular weight excluding hydrogens is 446 g/mol. The molecule has 2 fully saturated rings. The van der Waals surface area contributed by atoms with Crippen LogP contribution in [0.4, 0.5) is 11.8 Å². The van der Waals surface area contributed by atoms with Crippen LogP contribution >= 0.6 is 0 Å². The second kappa shape index (κ2) is 9.87. The van der Waals surface area contributed by atoms with Crippen molar-refractivity contribution in [2.24, 2.45) is 0 Å². The van der Waals surface area contributed by atoms with E-state index < -0.39 is 0 Å². The minimum atomic E-state index is 0.0443. The lowest BCUT2D eigenvalue weighted by atomic mass is 9.95. The number of fused-ring (bicyclic) bond motifs is 2. The molecule has 0 bridgehead atoms. The molecule has 10 nitrogen and oxygen atoms in total. The molecule has 0 atom stereocenters. The molecule has 3 aliphatic rings. The smallest absolute Gasteiger partial charge is 0.231 e. The van der Waals surface area contributed by atoms with Gasteiger partial charge in [-0.1, -0.05) is 25.3 Å². The van der Waals surface area contributed by atoms with Crippen molar-refractivity contribution in [1.29, 1.82) is 0 Å². The number of aliphatic hydroxyl groups excluding tert-OH is 1. The number of rotatable bonds is 7. The van der Waals surface area contributed by atoms with Crippen LogP contribution in [0.25, 0.3) is 11.2 Å². The Bertz CT molecular complexity index is 1170. The van der Waals surface area contributed by atoms with Crippen molar-refractivity contribution in [1.82, 2.24) is 24.4 Å². The summed E-state index contributed by atoms with van der Waals surface area (Å²) in [6, 6.07) is 6.63. The van der Waals surface area contributed by atoms with Gasteiger partial charge in [0.05, 0.1) is 12.9 Å². The second-order valence-electron chi connectivity index (χ2n) is 9.59. The zero-order valence-electron chi connectivity index (χ0n) is 20.0. The minimum absolute atomic E-state index is 0.0443. The maximum Gasteiger partial charge on any atom is 0.231 e. The standard InChI is InChI=1S/C25H33N7O3/c33-13-8-26-23-22-24(32(16-27-22)19-4-2-1-3-5-19)29-25(28-23)31-11-9-30(10-12-31)15-18-6-7-20-21(14-18)35-17-34-20/h6-7,14,16,19,33H,1-5,8-13,15,17H2,(H,26,28,29). The highest BCUT2D eigenvalue weighted by Gasteiger charge is 2.25. The van der Waals surface area contributed by atoms with Crippen molar-refractivity contribution in [3.8, 4) is 11.5 Å². The number of anilines is 2. The molecule has 2 N–H and O–H groups in total. The Hall–Kier alpha value is -3.11. The Balaban J connectivity index is 1.19. The molecular formula is C25H33N7O3. The van der Waals surface area contributed by atoms with Gasteiger partial charge in [-0.15, -0.1) is 0 Å². The minimum Gasteiger partial charge on any atom is -0.454 e. The first-order valence-electron chi connectivity index (χ1n) is 12.7. The quantitative estimate of drug-likeness (QED) is 0.530. The average Bonchev–Trinajstić information content (AvgIpc) is 3.55. The molecule has 6 rings (SSSR count). The Labute approximate surface area is 204 Å². The van der Waals surface area contributed by atoms with Crippen molar-refractivity contribution >= 4 is 22.9 Å².